The van der Waals surface area contributed by atoms with Crippen LogP contribution in [0.2, 0.25) is 0 Å². The minimum Gasteiger partial charge on any atom is -0.299 e. The Morgan fingerprint density at radius 2 is 1.24 bits per heavy atom. The number of carbonyl (C=O) groups is 1. The second-order valence-corrected chi connectivity index (χ2v) is 8.13. The number of carbonyl (C=O) groups excluding carboxylic acids is 1. The van der Waals surface area contributed by atoms with Crippen molar-refractivity contribution < 1.29 is 4.79 Å². The Labute approximate surface area is 131 Å². The topological polar surface area (TPSA) is 17.1 Å². The molecule has 1 nitrogen and oxygen atoms in total. The second kappa shape index (κ2) is 7.79. The summed E-state index contributed by atoms with van der Waals surface area (Å²) in [5.74, 6) is 3.27. The molecule has 0 aliphatic heterocycles. The predicted octanol–water partition coefficient (Wildman–Crippen LogP) is 5.91. The molecule has 0 spiro atoms. The van der Waals surface area contributed by atoms with Crippen molar-refractivity contribution in [2.75, 3.05) is 0 Å². The van der Waals surface area contributed by atoms with Gasteiger partial charge in [0.15, 0.2) is 0 Å². The summed E-state index contributed by atoms with van der Waals surface area (Å²) in [6, 6.07) is 0. The first kappa shape index (κ1) is 15.6. The molecular weight excluding hydrogens is 256 g/mol. The number of Topliss-reactive ketones (excluding diaryl/α,β-unsaturated/α-hetero) is 1. The molecule has 0 aromatic carbocycles. The highest BCUT2D eigenvalue weighted by Gasteiger charge is 2.36. The van der Waals surface area contributed by atoms with Crippen molar-refractivity contribution in [2.45, 2.75) is 96.3 Å². The molecule has 0 bridgehead atoms. The first-order valence-corrected chi connectivity index (χ1v) is 9.88. The van der Waals surface area contributed by atoms with Crippen molar-refractivity contribution in [3.8, 4) is 0 Å². The van der Waals surface area contributed by atoms with Crippen LogP contribution in [0, 0.1) is 23.7 Å². The molecule has 3 rings (SSSR count). The van der Waals surface area contributed by atoms with Crippen LogP contribution in [0.25, 0.3) is 0 Å². The van der Waals surface area contributed by atoms with Gasteiger partial charge in [-0.25, -0.2) is 0 Å². The van der Waals surface area contributed by atoms with Crippen LogP contribution in [-0.4, -0.2) is 5.78 Å². The average Bonchev–Trinajstić information content (AvgIpc) is 2.56. The van der Waals surface area contributed by atoms with Gasteiger partial charge in [0.2, 0.25) is 0 Å². The van der Waals surface area contributed by atoms with E-state index < -0.39 is 0 Å². The maximum atomic E-state index is 13.0. The van der Waals surface area contributed by atoms with Gasteiger partial charge < -0.3 is 0 Å². The maximum Gasteiger partial charge on any atom is 0.139 e. The average molecular weight is 290 g/mol. The van der Waals surface area contributed by atoms with Gasteiger partial charge in [-0.1, -0.05) is 64.2 Å². The Hall–Kier alpha value is -0.330. The normalized spacial score (nSPS) is 33.0. The predicted molar refractivity (Wildman–Crippen MR) is 88.2 cm³/mol. The molecule has 21 heavy (non-hydrogen) atoms. The first-order chi connectivity index (χ1) is 10.3. The zero-order valence-corrected chi connectivity index (χ0v) is 13.8. The standard InChI is InChI=1S/C20H34O/c21-20(17-11-5-2-6-12-17)19-14-8-7-13-18(19)15-16-9-3-1-4-10-16/h16-19H,1-15H2/t18-,19+/m1/s1. The summed E-state index contributed by atoms with van der Waals surface area (Å²) in [5, 5.41) is 0. The van der Waals surface area contributed by atoms with Gasteiger partial charge in [0, 0.05) is 11.8 Å². The van der Waals surface area contributed by atoms with Gasteiger partial charge in [0.25, 0.3) is 0 Å². The molecule has 0 aromatic rings. The molecule has 3 aliphatic rings. The fourth-order valence-electron chi connectivity index (χ4n) is 5.41. The van der Waals surface area contributed by atoms with Crippen LogP contribution < -0.4 is 0 Å². The lowest BCUT2D eigenvalue weighted by Crippen LogP contribution is -2.34. The Balaban J connectivity index is 1.58. The van der Waals surface area contributed by atoms with Crippen LogP contribution in [0.5, 0.6) is 0 Å². The number of hydrogen-bond acceptors (Lipinski definition) is 1. The van der Waals surface area contributed by atoms with Crippen molar-refractivity contribution in [3.05, 3.63) is 0 Å². The molecule has 3 saturated carbocycles. The van der Waals surface area contributed by atoms with Crippen molar-refractivity contribution in [1.82, 2.24) is 0 Å². The number of ketones is 1. The van der Waals surface area contributed by atoms with E-state index in [4.69, 9.17) is 0 Å². The second-order valence-electron chi connectivity index (χ2n) is 8.13. The fourth-order valence-corrected chi connectivity index (χ4v) is 5.41. The van der Waals surface area contributed by atoms with Gasteiger partial charge in [-0.2, -0.15) is 0 Å². The third-order valence-electron chi connectivity index (χ3n) is 6.64. The van der Waals surface area contributed by atoms with E-state index in [1.807, 2.05) is 0 Å². The lowest BCUT2D eigenvalue weighted by Gasteiger charge is -2.36. The number of hydrogen-bond donors (Lipinski definition) is 0. The molecule has 0 amide bonds. The molecule has 0 saturated heterocycles. The van der Waals surface area contributed by atoms with Gasteiger partial charge in [-0.3, -0.25) is 4.79 Å². The Bertz CT molecular complexity index is 323. The van der Waals surface area contributed by atoms with Crippen LogP contribution >= 0.6 is 0 Å². The van der Waals surface area contributed by atoms with E-state index in [2.05, 4.69) is 0 Å². The quantitative estimate of drug-likeness (QED) is 0.628. The minimum absolute atomic E-state index is 0.440. The number of rotatable bonds is 4. The zero-order valence-electron chi connectivity index (χ0n) is 13.8. The summed E-state index contributed by atoms with van der Waals surface area (Å²) < 4.78 is 0. The van der Waals surface area contributed by atoms with E-state index in [9.17, 15) is 4.79 Å². The van der Waals surface area contributed by atoms with Crippen LogP contribution in [-0.2, 0) is 4.79 Å². The highest BCUT2D eigenvalue weighted by atomic mass is 16.1. The summed E-state index contributed by atoms with van der Waals surface area (Å²) in [5.41, 5.74) is 0. The van der Waals surface area contributed by atoms with Gasteiger partial charge in [0.1, 0.15) is 5.78 Å². The molecular formula is C20H34O. The molecule has 120 valence electrons. The van der Waals surface area contributed by atoms with Crippen LogP contribution in [0.3, 0.4) is 0 Å². The zero-order chi connectivity index (χ0) is 14.5. The summed E-state index contributed by atoms with van der Waals surface area (Å²) in [4.78, 5) is 13.0. The van der Waals surface area contributed by atoms with Gasteiger partial charge in [-0.15, -0.1) is 0 Å². The summed E-state index contributed by atoms with van der Waals surface area (Å²) in [6.07, 6.45) is 20.2. The van der Waals surface area contributed by atoms with Crippen molar-refractivity contribution in [3.63, 3.8) is 0 Å². The summed E-state index contributed by atoms with van der Waals surface area (Å²) in [6.45, 7) is 0. The Morgan fingerprint density at radius 3 is 1.95 bits per heavy atom. The van der Waals surface area contributed by atoms with Crippen molar-refractivity contribution in [1.29, 1.82) is 0 Å². The van der Waals surface area contributed by atoms with Gasteiger partial charge >= 0.3 is 0 Å². The van der Waals surface area contributed by atoms with E-state index in [1.165, 1.54) is 96.3 Å². The van der Waals surface area contributed by atoms with Gasteiger partial charge in [-0.05, 0) is 43.9 Å². The molecule has 0 radical (unpaired) electrons. The summed E-state index contributed by atoms with van der Waals surface area (Å²) >= 11 is 0. The van der Waals surface area contributed by atoms with E-state index in [-0.39, 0.29) is 0 Å². The highest BCUT2D eigenvalue weighted by Crippen LogP contribution is 2.41. The van der Waals surface area contributed by atoms with Crippen molar-refractivity contribution in [2.24, 2.45) is 23.7 Å². The third kappa shape index (κ3) is 4.11. The third-order valence-corrected chi connectivity index (χ3v) is 6.64. The molecule has 0 heterocycles. The summed E-state index contributed by atoms with van der Waals surface area (Å²) in [7, 11) is 0. The highest BCUT2D eigenvalue weighted by molar-refractivity contribution is 5.83. The van der Waals surface area contributed by atoms with Crippen LogP contribution in [0.4, 0.5) is 0 Å². The molecule has 0 unspecified atom stereocenters. The van der Waals surface area contributed by atoms with Crippen LogP contribution in [0.15, 0.2) is 0 Å². The lowest BCUT2D eigenvalue weighted by molar-refractivity contribution is -0.131. The van der Waals surface area contributed by atoms with Crippen LogP contribution in [0.1, 0.15) is 96.3 Å². The first-order valence-electron chi connectivity index (χ1n) is 9.88. The van der Waals surface area contributed by atoms with Crippen molar-refractivity contribution >= 4 is 5.78 Å². The molecule has 1 heteroatoms. The molecule has 3 fully saturated rings. The van der Waals surface area contributed by atoms with E-state index in [0.717, 1.165) is 11.8 Å². The lowest BCUT2D eigenvalue weighted by atomic mass is 9.68. The maximum absolute atomic E-state index is 13.0. The molecule has 3 aliphatic carbocycles. The van der Waals surface area contributed by atoms with E-state index >= 15 is 0 Å². The minimum atomic E-state index is 0.440. The van der Waals surface area contributed by atoms with E-state index in [0.29, 0.717) is 17.6 Å². The van der Waals surface area contributed by atoms with E-state index in [1.54, 1.807) is 0 Å². The largest absolute Gasteiger partial charge is 0.299 e. The smallest absolute Gasteiger partial charge is 0.139 e. The Morgan fingerprint density at radius 1 is 0.667 bits per heavy atom. The molecule has 0 aromatic heterocycles. The fraction of sp³-hybridized carbons (Fsp3) is 0.950. The monoisotopic (exact) mass is 290 g/mol. The Kier molecular flexibility index (Phi) is 5.77. The van der Waals surface area contributed by atoms with Gasteiger partial charge in [0.05, 0.1) is 0 Å². The SMILES string of the molecule is O=C(C1CCCCC1)[C@H]1CCCC[C@@H]1CC1CCCCC1. The molecule has 0 N–H and O–H groups in total. The molecule has 2 atom stereocenters.